The number of carboxylic acid groups (broad SMARTS) is 1. The fourth-order valence-corrected chi connectivity index (χ4v) is 2.48. The van der Waals surface area contributed by atoms with E-state index >= 15 is 0 Å². The molecule has 0 bridgehead atoms. The van der Waals surface area contributed by atoms with E-state index in [0.29, 0.717) is 24.4 Å². The molecule has 0 radical (unpaired) electrons. The van der Waals surface area contributed by atoms with Crippen LogP contribution in [0.1, 0.15) is 34.7 Å². The first-order chi connectivity index (χ1) is 13.4. The van der Waals surface area contributed by atoms with Gasteiger partial charge in [0.2, 0.25) is 0 Å². The maximum Gasteiger partial charge on any atom is 0.338 e. The van der Waals surface area contributed by atoms with Crippen LogP contribution in [-0.2, 0) is 16.1 Å². The van der Waals surface area contributed by atoms with Gasteiger partial charge in [-0.25, -0.2) is 4.79 Å². The predicted molar refractivity (Wildman–Crippen MR) is 102 cm³/mol. The number of hydrogen-bond acceptors (Lipinski definition) is 6. The van der Waals surface area contributed by atoms with Crippen LogP contribution in [0.3, 0.4) is 0 Å². The number of ether oxygens (including phenoxy) is 1. The number of nitrogens with zero attached hydrogens (tertiary/aromatic N) is 3. The number of carbonyl (C=O) groups is 3. The Morgan fingerprint density at radius 2 is 1.82 bits per heavy atom. The minimum Gasteiger partial charge on any atom is -0.480 e. The van der Waals surface area contributed by atoms with Gasteiger partial charge < -0.3 is 20.1 Å². The topological polar surface area (TPSA) is 114 Å². The van der Waals surface area contributed by atoms with E-state index < -0.39 is 17.8 Å². The highest BCUT2D eigenvalue weighted by Crippen LogP contribution is 2.12. The van der Waals surface area contributed by atoms with Crippen LogP contribution in [0, 0.1) is 0 Å². The Balaban J connectivity index is 1.87. The van der Waals surface area contributed by atoms with Crippen molar-refractivity contribution in [3.05, 3.63) is 47.8 Å². The fraction of sp³-hybridized carbons (Fsp3) is 0.368. The molecule has 0 saturated heterocycles. The lowest BCUT2D eigenvalue weighted by atomic mass is 10.2. The third-order valence-corrected chi connectivity index (χ3v) is 4.08. The smallest absolute Gasteiger partial charge is 0.338 e. The Hall–Kier alpha value is -3.20. The summed E-state index contributed by atoms with van der Waals surface area (Å²) in [6.07, 6.45) is 1.42. The van der Waals surface area contributed by atoms with Gasteiger partial charge in [0.15, 0.2) is 5.69 Å². The van der Waals surface area contributed by atoms with Gasteiger partial charge in [0.1, 0.15) is 13.2 Å². The molecule has 1 aromatic carbocycles. The van der Waals surface area contributed by atoms with Gasteiger partial charge in [-0.2, -0.15) is 5.10 Å². The Morgan fingerprint density at radius 3 is 2.43 bits per heavy atom. The number of benzene rings is 1. The number of carboxylic acids is 1. The number of aromatic nitrogens is 2. The van der Waals surface area contributed by atoms with Crippen LogP contribution in [0.5, 0.6) is 0 Å². The average molecular weight is 388 g/mol. The van der Waals surface area contributed by atoms with Crippen LogP contribution in [0.25, 0.3) is 0 Å². The highest BCUT2D eigenvalue weighted by atomic mass is 16.5. The van der Waals surface area contributed by atoms with Crippen molar-refractivity contribution in [3.63, 3.8) is 0 Å². The van der Waals surface area contributed by atoms with Crippen molar-refractivity contribution in [1.82, 2.24) is 14.7 Å². The second-order valence-corrected chi connectivity index (χ2v) is 5.99. The molecule has 0 saturated carbocycles. The van der Waals surface area contributed by atoms with E-state index in [4.69, 9.17) is 9.84 Å². The minimum absolute atomic E-state index is 0.0983. The molecule has 2 rings (SSSR count). The molecule has 0 unspecified atom stereocenters. The lowest BCUT2D eigenvalue weighted by Crippen LogP contribution is -2.27. The third kappa shape index (κ3) is 6.20. The number of likely N-dealkylation sites (N-methyl/N-ethyl adjacent to an activating group) is 1. The van der Waals surface area contributed by atoms with Crippen LogP contribution in [0.2, 0.25) is 0 Å². The highest BCUT2D eigenvalue weighted by Gasteiger charge is 2.12. The number of nitrogens with one attached hydrogen (secondary N) is 1. The van der Waals surface area contributed by atoms with Gasteiger partial charge in [-0.3, -0.25) is 14.3 Å². The van der Waals surface area contributed by atoms with Gasteiger partial charge in [0, 0.05) is 18.4 Å². The van der Waals surface area contributed by atoms with Gasteiger partial charge in [0.05, 0.1) is 5.56 Å². The molecule has 0 atom stereocenters. The molecule has 0 aliphatic carbocycles. The standard InChI is InChI=1S/C19H24N4O5/c1-3-22(4-2)11-12-28-19(27)14-5-7-15(8-6-14)20-18(26)16-9-10-23(21-16)13-17(24)25/h5-10H,3-4,11-13H2,1-2H3,(H,20,26)(H,24,25). The first-order valence-electron chi connectivity index (χ1n) is 8.99. The Morgan fingerprint density at radius 1 is 1.14 bits per heavy atom. The van der Waals surface area contributed by atoms with E-state index in [9.17, 15) is 14.4 Å². The van der Waals surface area contributed by atoms with Gasteiger partial charge in [-0.1, -0.05) is 13.8 Å². The molecule has 1 amide bonds. The largest absolute Gasteiger partial charge is 0.480 e. The zero-order chi connectivity index (χ0) is 20.5. The fourth-order valence-electron chi connectivity index (χ4n) is 2.48. The van der Waals surface area contributed by atoms with E-state index in [2.05, 4.69) is 29.2 Å². The number of esters is 1. The van der Waals surface area contributed by atoms with Gasteiger partial charge >= 0.3 is 11.9 Å². The second kappa shape index (κ2) is 10.2. The maximum absolute atomic E-state index is 12.2. The van der Waals surface area contributed by atoms with Crippen molar-refractivity contribution < 1.29 is 24.2 Å². The Kier molecular flexibility index (Phi) is 7.70. The molecule has 0 aliphatic heterocycles. The van der Waals surface area contributed by atoms with E-state index in [-0.39, 0.29) is 12.2 Å². The lowest BCUT2D eigenvalue weighted by molar-refractivity contribution is -0.137. The molecule has 0 aliphatic rings. The van der Waals surface area contributed by atoms with Crippen LogP contribution >= 0.6 is 0 Å². The van der Waals surface area contributed by atoms with E-state index in [1.807, 2.05) is 0 Å². The zero-order valence-corrected chi connectivity index (χ0v) is 15.9. The minimum atomic E-state index is -1.05. The normalized spacial score (nSPS) is 10.7. The summed E-state index contributed by atoms with van der Waals surface area (Å²) >= 11 is 0. The SMILES string of the molecule is CCN(CC)CCOC(=O)c1ccc(NC(=O)c2ccn(CC(=O)O)n2)cc1. The number of anilines is 1. The van der Waals surface area contributed by atoms with E-state index in [1.54, 1.807) is 24.3 Å². The first kappa shape index (κ1) is 21.1. The van der Waals surface area contributed by atoms with Crippen LogP contribution in [0.15, 0.2) is 36.5 Å². The number of rotatable bonds is 10. The van der Waals surface area contributed by atoms with E-state index in [1.165, 1.54) is 12.3 Å². The van der Waals surface area contributed by atoms with Crippen molar-refractivity contribution in [2.75, 3.05) is 31.6 Å². The molecule has 2 aromatic rings. The molecule has 28 heavy (non-hydrogen) atoms. The molecule has 150 valence electrons. The van der Waals surface area contributed by atoms with Gasteiger partial charge in [-0.15, -0.1) is 0 Å². The van der Waals surface area contributed by atoms with Crippen molar-refractivity contribution >= 4 is 23.5 Å². The Labute approximate surface area is 162 Å². The van der Waals surface area contributed by atoms with Gasteiger partial charge in [0.25, 0.3) is 5.91 Å². The molecule has 1 aromatic heterocycles. The van der Waals surface area contributed by atoms with Crippen molar-refractivity contribution in [2.45, 2.75) is 20.4 Å². The summed E-state index contributed by atoms with van der Waals surface area (Å²) in [4.78, 5) is 37.0. The van der Waals surface area contributed by atoms with Crippen molar-refractivity contribution in [2.24, 2.45) is 0 Å². The monoisotopic (exact) mass is 388 g/mol. The van der Waals surface area contributed by atoms with Crippen LogP contribution < -0.4 is 5.32 Å². The number of amides is 1. The average Bonchev–Trinajstić information content (AvgIpc) is 3.13. The summed E-state index contributed by atoms with van der Waals surface area (Å²) in [5, 5.41) is 15.3. The molecule has 0 spiro atoms. The summed E-state index contributed by atoms with van der Waals surface area (Å²) in [5.74, 6) is -1.94. The quantitative estimate of drug-likeness (QED) is 0.596. The summed E-state index contributed by atoms with van der Waals surface area (Å²) in [5.41, 5.74) is 0.974. The third-order valence-electron chi connectivity index (χ3n) is 4.08. The van der Waals surface area contributed by atoms with Gasteiger partial charge in [-0.05, 0) is 43.4 Å². The first-order valence-corrected chi connectivity index (χ1v) is 8.99. The lowest BCUT2D eigenvalue weighted by Gasteiger charge is -2.17. The number of aliphatic carboxylic acids is 1. The second-order valence-electron chi connectivity index (χ2n) is 5.99. The zero-order valence-electron chi connectivity index (χ0n) is 15.9. The van der Waals surface area contributed by atoms with E-state index in [0.717, 1.165) is 17.8 Å². The maximum atomic E-state index is 12.2. The van der Waals surface area contributed by atoms with Crippen molar-refractivity contribution in [1.29, 1.82) is 0 Å². The highest BCUT2D eigenvalue weighted by molar-refractivity contribution is 6.03. The number of carbonyl (C=O) groups excluding carboxylic acids is 2. The van der Waals surface area contributed by atoms with Crippen LogP contribution in [-0.4, -0.2) is 63.9 Å². The Bertz CT molecular complexity index is 812. The molecular weight excluding hydrogens is 364 g/mol. The summed E-state index contributed by atoms with van der Waals surface area (Å²) < 4.78 is 6.42. The summed E-state index contributed by atoms with van der Waals surface area (Å²) in [7, 11) is 0. The summed E-state index contributed by atoms with van der Waals surface area (Å²) in [6.45, 7) is 6.58. The predicted octanol–water partition coefficient (Wildman–Crippen LogP) is 1.72. The summed E-state index contributed by atoms with van der Waals surface area (Å²) in [6, 6.07) is 7.75. The molecule has 9 nitrogen and oxygen atoms in total. The van der Waals surface area contributed by atoms with Crippen molar-refractivity contribution in [3.8, 4) is 0 Å². The molecule has 2 N–H and O–H groups in total. The molecule has 0 fully saturated rings. The molecule has 9 heteroatoms. The molecule has 1 heterocycles. The van der Waals surface area contributed by atoms with Crippen LogP contribution in [0.4, 0.5) is 5.69 Å². The molecular formula is C19H24N4O5. The number of hydrogen-bond donors (Lipinski definition) is 2.